The minimum atomic E-state index is -0.510. The van der Waals surface area contributed by atoms with Gasteiger partial charge in [0.05, 0.1) is 12.5 Å². The molecule has 0 saturated carbocycles. The van der Waals surface area contributed by atoms with E-state index in [1.807, 2.05) is 13.8 Å². The average molecular weight is 185 g/mol. The molecule has 4 heteroatoms. The highest BCUT2D eigenvalue weighted by molar-refractivity contribution is 5.98. The van der Waals surface area contributed by atoms with Crippen molar-refractivity contribution in [2.45, 2.75) is 20.8 Å². The molecule has 1 fully saturated rings. The van der Waals surface area contributed by atoms with Crippen molar-refractivity contribution in [3.05, 3.63) is 0 Å². The van der Waals surface area contributed by atoms with Crippen LogP contribution in [0.1, 0.15) is 20.8 Å². The van der Waals surface area contributed by atoms with Crippen LogP contribution in [-0.4, -0.2) is 30.1 Å². The molecule has 0 radical (unpaired) electrons. The van der Waals surface area contributed by atoms with Gasteiger partial charge in [-0.2, -0.15) is 0 Å². The Morgan fingerprint density at radius 1 is 1.69 bits per heavy atom. The highest BCUT2D eigenvalue weighted by Crippen LogP contribution is 2.25. The fraction of sp³-hybridized carbons (Fsp3) is 0.778. The van der Waals surface area contributed by atoms with Crippen molar-refractivity contribution < 1.29 is 14.3 Å². The number of likely N-dealkylation sites (tertiary alicyclic amines) is 1. The summed E-state index contributed by atoms with van der Waals surface area (Å²) in [6.45, 7) is 6.50. The summed E-state index contributed by atoms with van der Waals surface area (Å²) in [5, 5.41) is 0. The molecule has 0 aromatic rings. The van der Waals surface area contributed by atoms with Gasteiger partial charge in [-0.15, -0.1) is 0 Å². The van der Waals surface area contributed by atoms with Crippen molar-refractivity contribution in [1.29, 1.82) is 0 Å². The molecule has 1 aliphatic rings. The van der Waals surface area contributed by atoms with Crippen molar-refractivity contribution in [1.82, 2.24) is 4.90 Å². The maximum absolute atomic E-state index is 11.3. The van der Waals surface area contributed by atoms with Crippen LogP contribution in [0.5, 0.6) is 0 Å². The van der Waals surface area contributed by atoms with E-state index in [0.29, 0.717) is 19.1 Å². The maximum atomic E-state index is 11.3. The predicted molar refractivity (Wildman–Crippen MR) is 47.1 cm³/mol. The van der Waals surface area contributed by atoms with Crippen LogP contribution in [0.15, 0.2) is 0 Å². The third kappa shape index (κ3) is 1.82. The molecule has 0 aliphatic carbocycles. The van der Waals surface area contributed by atoms with Gasteiger partial charge < -0.3 is 4.74 Å². The molecule has 1 rings (SSSR count). The maximum Gasteiger partial charge on any atom is 0.416 e. The van der Waals surface area contributed by atoms with E-state index in [0.717, 1.165) is 4.90 Å². The van der Waals surface area contributed by atoms with Crippen LogP contribution in [0.2, 0.25) is 0 Å². The monoisotopic (exact) mass is 185 g/mol. The van der Waals surface area contributed by atoms with Crippen LogP contribution in [0.25, 0.3) is 0 Å². The lowest BCUT2D eigenvalue weighted by molar-refractivity contribution is -0.147. The van der Waals surface area contributed by atoms with Crippen molar-refractivity contribution in [3.63, 3.8) is 0 Å². The Kier molecular flexibility index (Phi) is 2.90. The molecule has 1 saturated heterocycles. The van der Waals surface area contributed by atoms with Crippen molar-refractivity contribution in [3.8, 4) is 0 Å². The lowest BCUT2D eigenvalue weighted by Crippen LogP contribution is -2.57. The lowest BCUT2D eigenvalue weighted by atomic mass is 9.88. The van der Waals surface area contributed by atoms with E-state index in [2.05, 4.69) is 0 Å². The second kappa shape index (κ2) is 3.77. The predicted octanol–water partition coefficient (Wildman–Crippen LogP) is 1.26. The number of carbonyl (C=O) groups is 2. The van der Waals surface area contributed by atoms with Crippen LogP contribution < -0.4 is 0 Å². The molecule has 0 spiro atoms. The van der Waals surface area contributed by atoms with Crippen molar-refractivity contribution in [2.75, 3.05) is 13.2 Å². The molecule has 1 aliphatic heterocycles. The summed E-state index contributed by atoms with van der Waals surface area (Å²) in [7, 11) is 0. The van der Waals surface area contributed by atoms with Gasteiger partial charge in [0.15, 0.2) is 0 Å². The van der Waals surface area contributed by atoms with Gasteiger partial charge in [-0.25, -0.2) is 9.69 Å². The van der Waals surface area contributed by atoms with Crippen LogP contribution in [0, 0.1) is 11.8 Å². The average Bonchev–Trinajstić information content (AvgIpc) is 2.01. The van der Waals surface area contributed by atoms with E-state index in [9.17, 15) is 9.59 Å². The van der Waals surface area contributed by atoms with E-state index in [1.54, 1.807) is 6.92 Å². The Balaban J connectivity index is 2.43. The first-order chi connectivity index (χ1) is 6.07. The molecule has 0 aromatic carbocycles. The minimum Gasteiger partial charge on any atom is -0.449 e. The summed E-state index contributed by atoms with van der Waals surface area (Å²) in [6.07, 6.45) is -0.510. The van der Waals surface area contributed by atoms with Crippen molar-refractivity contribution in [2.24, 2.45) is 11.8 Å². The summed E-state index contributed by atoms with van der Waals surface area (Å²) in [4.78, 5) is 23.6. The third-order valence-electron chi connectivity index (χ3n) is 2.26. The van der Waals surface area contributed by atoms with Gasteiger partial charge in [-0.3, -0.25) is 4.79 Å². The number of hydrogen-bond acceptors (Lipinski definition) is 3. The van der Waals surface area contributed by atoms with E-state index >= 15 is 0 Å². The molecule has 13 heavy (non-hydrogen) atoms. The first kappa shape index (κ1) is 10.0. The normalized spacial score (nSPS) is 21.7. The quantitative estimate of drug-likeness (QED) is 0.608. The summed E-state index contributed by atoms with van der Waals surface area (Å²) >= 11 is 0. The van der Waals surface area contributed by atoms with Gasteiger partial charge >= 0.3 is 6.09 Å². The lowest BCUT2D eigenvalue weighted by Gasteiger charge is -2.37. The highest BCUT2D eigenvalue weighted by Gasteiger charge is 2.42. The van der Waals surface area contributed by atoms with Crippen LogP contribution in [0.3, 0.4) is 0 Å². The first-order valence-corrected chi connectivity index (χ1v) is 4.56. The Morgan fingerprint density at radius 3 is 2.69 bits per heavy atom. The van der Waals surface area contributed by atoms with Crippen molar-refractivity contribution >= 4 is 12.0 Å². The number of β-lactam (4-membered cyclic amide) rings is 1. The number of ether oxygens (including phenoxy) is 1. The Hall–Kier alpha value is -1.06. The molecule has 1 atom stereocenters. The third-order valence-corrected chi connectivity index (χ3v) is 2.26. The fourth-order valence-electron chi connectivity index (χ4n) is 1.31. The zero-order valence-electron chi connectivity index (χ0n) is 8.24. The zero-order chi connectivity index (χ0) is 10.0. The Bertz CT molecular complexity index is 225. The second-order valence-corrected chi connectivity index (χ2v) is 3.50. The fourth-order valence-corrected chi connectivity index (χ4v) is 1.31. The van der Waals surface area contributed by atoms with Gasteiger partial charge in [-0.05, 0) is 12.8 Å². The van der Waals surface area contributed by atoms with E-state index in [-0.39, 0.29) is 11.8 Å². The first-order valence-electron chi connectivity index (χ1n) is 4.56. The van der Waals surface area contributed by atoms with Gasteiger partial charge in [0.2, 0.25) is 5.91 Å². The molecule has 1 heterocycles. The van der Waals surface area contributed by atoms with E-state index in [4.69, 9.17) is 4.74 Å². The molecule has 0 unspecified atom stereocenters. The highest BCUT2D eigenvalue weighted by atomic mass is 16.6. The number of hydrogen-bond donors (Lipinski definition) is 0. The molecule has 0 N–H and O–H groups in total. The number of carbonyl (C=O) groups excluding carboxylic acids is 2. The summed E-state index contributed by atoms with van der Waals surface area (Å²) < 4.78 is 4.71. The van der Waals surface area contributed by atoms with Gasteiger partial charge in [-0.1, -0.05) is 13.8 Å². The molecule has 2 amide bonds. The van der Waals surface area contributed by atoms with Crippen LogP contribution >= 0.6 is 0 Å². The summed E-state index contributed by atoms with van der Waals surface area (Å²) in [6, 6.07) is 0. The van der Waals surface area contributed by atoms with Gasteiger partial charge in [0.1, 0.15) is 0 Å². The Labute approximate surface area is 77.8 Å². The molecule has 4 nitrogen and oxygen atoms in total. The molecule has 0 aromatic heterocycles. The molecular formula is C9H15NO3. The topological polar surface area (TPSA) is 46.6 Å². The van der Waals surface area contributed by atoms with E-state index < -0.39 is 6.09 Å². The standard InChI is InChI=1S/C9H15NO3/c1-4-13-9(12)10-5-7(6(2)3)8(10)11/h6-7H,4-5H2,1-3H3/t7-/m0/s1. The van der Waals surface area contributed by atoms with E-state index in [1.165, 1.54) is 0 Å². The van der Waals surface area contributed by atoms with Crippen LogP contribution in [0.4, 0.5) is 4.79 Å². The zero-order valence-corrected chi connectivity index (χ0v) is 8.24. The largest absolute Gasteiger partial charge is 0.449 e. The summed E-state index contributed by atoms with van der Waals surface area (Å²) in [5.41, 5.74) is 0. The SMILES string of the molecule is CCOC(=O)N1C[C@@H](C(C)C)C1=O. The smallest absolute Gasteiger partial charge is 0.416 e. The van der Waals surface area contributed by atoms with Crippen LogP contribution in [-0.2, 0) is 9.53 Å². The Morgan fingerprint density at radius 2 is 2.31 bits per heavy atom. The number of imide groups is 1. The minimum absolute atomic E-state index is 0.00408. The molecule has 74 valence electrons. The number of nitrogens with zero attached hydrogens (tertiary/aromatic N) is 1. The number of amides is 2. The summed E-state index contributed by atoms with van der Waals surface area (Å²) in [5.74, 6) is 0.205. The molecular weight excluding hydrogens is 170 g/mol. The second-order valence-electron chi connectivity index (χ2n) is 3.50. The molecule has 0 bridgehead atoms. The van der Waals surface area contributed by atoms with Gasteiger partial charge in [0.25, 0.3) is 0 Å². The van der Waals surface area contributed by atoms with Gasteiger partial charge in [0, 0.05) is 6.54 Å². The number of rotatable bonds is 2.